The normalized spacial score (nSPS) is 40.3. The van der Waals surface area contributed by atoms with E-state index >= 15 is 0 Å². The molecule has 0 amide bonds. The zero-order valence-corrected chi connectivity index (χ0v) is 49.2. The first-order chi connectivity index (χ1) is 38.6. The summed E-state index contributed by atoms with van der Waals surface area (Å²) in [6.45, 7) is 20.5. The number of aliphatic hydroxyl groups is 3. The molecule has 8 aliphatic rings. The Hall–Kier alpha value is -4.28. The number of aromatic hydroxyl groups is 1. The van der Waals surface area contributed by atoms with Crippen molar-refractivity contribution in [2.75, 3.05) is 27.4 Å². The third-order valence-corrected chi connectivity index (χ3v) is 18.1. The van der Waals surface area contributed by atoms with Gasteiger partial charge in [-0.3, -0.25) is 9.59 Å². The number of hydrogen-bond acceptors (Lipinski definition) is 18. The van der Waals surface area contributed by atoms with Crippen LogP contribution in [0.5, 0.6) is 11.5 Å². The monoisotopic (exact) mass is 1130 g/mol. The van der Waals surface area contributed by atoms with Crippen LogP contribution >= 0.6 is 0 Å². The summed E-state index contributed by atoms with van der Waals surface area (Å²) in [4.78, 5) is 26.3. The van der Waals surface area contributed by atoms with E-state index in [0.29, 0.717) is 84.9 Å². The first kappa shape index (κ1) is 61.3. The topological polar surface area (TPSA) is 230 Å². The van der Waals surface area contributed by atoms with Gasteiger partial charge in [-0.1, -0.05) is 77.5 Å². The van der Waals surface area contributed by atoms with Gasteiger partial charge in [0.25, 0.3) is 0 Å². The molecule has 1 aromatic heterocycles. The van der Waals surface area contributed by atoms with Gasteiger partial charge in [-0.2, -0.15) is 0 Å². The van der Waals surface area contributed by atoms with Crippen LogP contribution in [0, 0.1) is 36.5 Å². The number of fused-ring (bicyclic) bond motifs is 4. The van der Waals surface area contributed by atoms with Crippen LogP contribution in [0.2, 0.25) is 0 Å². The van der Waals surface area contributed by atoms with Crippen LogP contribution in [0.3, 0.4) is 0 Å². The van der Waals surface area contributed by atoms with Gasteiger partial charge in [0, 0.05) is 69.4 Å². The van der Waals surface area contributed by atoms with E-state index < -0.39 is 90.8 Å². The van der Waals surface area contributed by atoms with E-state index in [1.165, 1.54) is 6.07 Å². The van der Waals surface area contributed by atoms with Crippen molar-refractivity contribution in [3.63, 3.8) is 0 Å². The summed E-state index contributed by atoms with van der Waals surface area (Å²) in [7, 11) is 3.22. The number of aryl methyl sites for hydroxylation is 1. The van der Waals surface area contributed by atoms with Gasteiger partial charge in [0.1, 0.15) is 70.3 Å². The Bertz CT molecular complexity index is 2760. The lowest BCUT2D eigenvalue weighted by atomic mass is 9.71. The molecule has 0 radical (unpaired) electrons. The highest BCUT2D eigenvalue weighted by Gasteiger charge is 2.60. The molecule has 7 aliphatic heterocycles. The minimum Gasteiger partial charge on any atom is -0.507 e. The molecule has 4 fully saturated rings. The summed E-state index contributed by atoms with van der Waals surface area (Å²) in [5.41, 5.74) is 1.02. The van der Waals surface area contributed by atoms with E-state index in [9.17, 15) is 30.0 Å². The van der Waals surface area contributed by atoms with Gasteiger partial charge < -0.3 is 76.9 Å². The van der Waals surface area contributed by atoms with E-state index in [-0.39, 0.29) is 59.2 Å². The van der Waals surface area contributed by atoms with E-state index in [2.05, 4.69) is 46.8 Å². The summed E-state index contributed by atoms with van der Waals surface area (Å²) in [5.74, 6) is -0.968. The molecule has 18 nitrogen and oxygen atoms in total. The maximum absolute atomic E-state index is 14.3. The number of carbonyl (C=O) groups is 1. The lowest BCUT2D eigenvalue weighted by Crippen LogP contribution is -2.58. The zero-order valence-electron chi connectivity index (χ0n) is 49.2. The molecule has 0 saturated carbocycles. The molecule has 18 heteroatoms. The zero-order chi connectivity index (χ0) is 58.2. The molecular formula is C63H88O18. The van der Waals surface area contributed by atoms with Crippen molar-refractivity contribution in [3.8, 4) is 11.5 Å². The number of allylic oxidation sites excluding steroid dienone is 2. The van der Waals surface area contributed by atoms with Gasteiger partial charge >= 0.3 is 5.97 Å². The van der Waals surface area contributed by atoms with Crippen LogP contribution in [0.4, 0.5) is 0 Å². The number of aliphatic hydroxyl groups excluding tert-OH is 2. The quantitative estimate of drug-likeness (QED) is 0.144. The van der Waals surface area contributed by atoms with Crippen LogP contribution in [0.1, 0.15) is 119 Å². The first-order valence-corrected chi connectivity index (χ1v) is 29.3. The fourth-order valence-electron chi connectivity index (χ4n) is 13.1. The Labute approximate surface area is 476 Å². The molecule has 2 bridgehead atoms. The Morgan fingerprint density at radius 2 is 1.59 bits per heavy atom. The molecule has 4 N–H and O–H groups in total. The number of carbonyl (C=O) groups excluding carboxylic acids is 1. The highest BCUT2D eigenvalue weighted by atomic mass is 16.7. The molecule has 1 aromatic carbocycles. The molecule has 10 rings (SSSR count). The molecule has 1 aliphatic carbocycles. The fourth-order valence-corrected chi connectivity index (χ4v) is 13.1. The third-order valence-electron chi connectivity index (χ3n) is 18.1. The molecule has 21 unspecified atom stereocenters. The predicted octanol–water partition coefficient (Wildman–Crippen LogP) is 8.15. The van der Waals surface area contributed by atoms with Crippen LogP contribution in [-0.4, -0.2) is 151 Å². The molecule has 1 spiro atoms. The standard InChI is InChI=1S/C48H72O14.C15H16O4/c1-11-25(2)43-28(5)17-18-47(62-43)23-34-20-33(61-47)16-15-27(4)42(26(3)13-12-14-32-24-55-45-40(49)29(6)19-35(46(51)58-34)48(32,45)52)59-39-22-37(54-10)44(31(8)57-39)60-38-21-36(53-9)41(50)30(7)56-38;1-8-3-4-10-12(18-7-8)6-13-14(15(10)17)11(16)5-9(2)19-13/h12-15,17-19,25-26,28,30-31,33-45,49-50,52H,11,16,20-24H2,1-10H3;5-6,8,17H,3-4,7H2,1-2H3. The average molecular weight is 1130 g/mol. The molecule has 8 heterocycles. The number of phenolic OH excluding ortho intramolecular Hbond substituents is 1. The van der Waals surface area contributed by atoms with Gasteiger partial charge in [0.05, 0.1) is 55.9 Å². The second-order valence-electron chi connectivity index (χ2n) is 24.2. The molecular weight excluding hydrogens is 1040 g/mol. The number of benzene rings is 1. The molecule has 2 aromatic rings. The minimum absolute atomic E-state index is 0.00958. The van der Waals surface area contributed by atoms with Crippen LogP contribution in [-0.2, 0) is 58.6 Å². The van der Waals surface area contributed by atoms with E-state index in [1.54, 1.807) is 53.2 Å². The fraction of sp³-hybridized carbons (Fsp3) is 0.683. The van der Waals surface area contributed by atoms with Crippen molar-refractivity contribution in [2.45, 2.75) is 218 Å². The smallest absolute Gasteiger partial charge is 0.316 e. The second-order valence-corrected chi connectivity index (χ2v) is 24.2. The van der Waals surface area contributed by atoms with Gasteiger partial charge in [0.2, 0.25) is 0 Å². The van der Waals surface area contributed by atoms with Crippen molar-refractivity contribution >= 4 is 16.9 Å². The number of methoxy groups -OCH3 is 2. The van der Waals surface area contributed by atoms with Crippen molar-refractivity contribution in [1.82, 2.24) is 0 Å². The summed E-state index contributed by atoms with van der Waals surface area (Å²) in [6, 6.07) is 3.12. The average Bonchev–Trinajstić information content (AvgIpc) is 3.97. The Kier molecular flexibility index (Phi) is 19.3. The maximum atomic E-state index is 14.3. The number of rotatable bonds is 8. The third kappa shape index (κ3) is 12.9. The second kappa shape index (κ2) is 25.5. The highest BCUT2D eigenvalue weighted by Crippen LogP contribution is 2.48. The summed E-state index contributed by atoms with van der Waals surface area (Å²) >= 11 is 0. The van der Waals surface area contributed by atoms with Crippen LogP contribution < -0.4 is 10.2 Å². The molecule has 4 saturated heterocycles. The van der Waals surface area contributed by atoms with Gasteiger partial charge in [-0.15, -0.1) is 0 Å². The Morgan fingerprint density at radius 3 is 2.33 bits per heavy atom. The molecule has 448 valence electrons. The van der Waals surface area contributed by atoms with E-state index in [0.717, 1.165) is 18.4 Å². The predicted molar refractivity (Wildman–Crippen MR) is 299 cm³/mol. The number of phenols is 1. The summed E-state index contributed by atoms with van der Waals surface area (Å²) < 4.78 is 74.9. The van der Waals surface area contributed by atoms with Gasteiger partial charge in [-0.25, -0.2) is 0 Å². The van der Waals surface area contributed by atoms with Crippen LogP contribution in [0.15, 0.2) is 80.6 Å². The van der Waals surface area contributed by atoms with Crippen molar-refractivity contribution in [2.24, 2.45) is 29.6 Å². The molecule has 81 heavy (non-hydrogen) atoms. The van der Waals surface area contributed by atoms with Gasteiger partial charge in [-0.05, 0) is 88.5 Å². The van der Waals surface area contributed by atoms with Crippen molar-refractivity contribution in [1.29, 1.82) is 0 Å². The lowest BCUT2D eigenvalue weighted by Gasteiger charge is -2.48. The number of esters is 1. The first-order valence-electron chi connectivity index (χ1n) is 29.3. The largest absolute Gasteiger partial charge is 0.507 e. The van der Waals surface area contributed by atoms with Crippen LogP contribution in [0.25, 0.3) is 11.0 Å². The van der Waals surface area contributed by atoms with Crippen molar-refractivity contribution in [3.05, 3.63) is 92.9 Å². The minimum atomic E-state index is -1.84. The molecule has 21 atom stereocenters. The Balaban J connectivity index is 0.000000349. The maximum Gasteiger partial charge on any atom is 0.316 e. The SMILES string of the molecule is CCC(C)C1OC2(C=CC1C)CC1CC(CC=C(C)C(OC3CC(OC)C(OC4CC(OC)C(O)C(C)O4)C(C)O3)C(C)C=CC=C3COC4C(O)C(C)=CC(C(=O)O1)C34O)O2.Cc1cc(=O)c2c(O)c3c(cc2o1)OCC(C)CC3. The number of hydrogen-bond donors (Lipinski definition) is 4. The summed E-state index contributed by atoms with van der Waals surface area (Å²) in [5, 5.41) is 44.8. The summed E-state index contributed by atoms with van der Waals surface area (Å²) in [6.07, 6.45) is 10.2. The number of ether oxygens (including phenoxy) is 11. The Morgan fingerprint density at radius 1 is 0.864 bits per heavy atom. The van der Waals surface area contributed by atoms with E-state index in [1.807, 2.05) is 32.1 Å². The highest BCUT2D eigenvalue weighted by molar-refractivity contribution is 5.87. The lowest BCUT2D eigenvalue weighted by molar-refractivity contribution is -0.318. The van der Waals surface area contributed by atoms with Crippen molar-refractivity contribution < 1.29 is 81.7 Å². The van der Waals surface area contributed by atoms with Gasteiger partial charge in [0.15, 0.2) is 23.8 Å². The van der Waals surface area contributed by atoms with E-state index in [4.69, 9.17) is 56.5 Å².